The third-order valence-electron chi connectivity index (χ3n) is 5.76. The van der Waals surface area contributed by atoms with E-state index in [1.807, 2.05) is 0 Å². The fourth-order valence-corrected chi connectivity index (χ4v) is 4.31. The van der Waals surface area contributed by atoms with Crippen LogP contribution in [0.5, 0.6) is 0 Å². The van der Waals surface area contributed by atoms with Crippen LogP contribution < -0.4 is 0 Å². The predicted molar refractivity (Wildman–Crippen MR) is 123 cm³/mol. The van der Waals surface area contributed by atoms with Crippen molar-refractivity contribution in [3.8, 4) is 0 Å². The Bertz CT molecular complexity index is 741. The highest BCUT2D eigenvalue weighted by molar-refractivity contribution is 6.32. The smallest absolute Gasteiger partial charge is 0.402 e. The van der Waals surface area contributed by atoms with E-state index in [1.54, 1.807) is 0 Å². The van der Waals surface area contributed by atoms with Gasteiger partial charge in [-0.1, -0.05) is 117 Å². The first-order chi connectivity index (χ1) is 14.7. The minimum absolute atomic E-state index is 0.173. The second kappa shape index (κ2) is 11.7. The molecule has 156 valence electrons. The molecule has 4 heteroatoms. The zero-order chi connectivity index (χ0) is 21.1. The SMILES string of the molecule is OB(O)OCCCCCCCC(c1ccccc1)(c1ccccc1)c1ccccc1. The molecule has 0 aromatic heterocycles. The molecule has 0 heterocycles. The standard InChI is InChI=1S/C26H31BO3/c28-27(29)30-22-14-3-1-2-13-21-26(23-15-7-4-8-16-23,24-17-9-5-10-18-24)25-19-11-6-12-20-25/h4-12,15-20,28-29H,1-3,13-14,21-22H2. The lowest BCUT2D eigenvalue weighted by Gasteiger charge is -2.36. The quantitative estimate of drug-likeness (QED) is 0.244. The maximum Gasteiger partial charge on any atom is 0.633 e. The van der Waals surface area contributed by atoms with Crippen molar-refractivity contribution in [3.05, 3.63) is 108 Å². The van der Waals surface area contributed by atoms with Crippen LogP contribution in [-0.2, 0) is 10.1 Å². The summed E-state index contributed by atoms with van der Waals surface area (Å²) in [6.45, 7) is 0.389. The Labute approximate surface area is 180 Å². The van der Waals surface area contributed by atoms with Gasteiger partial charge in [0.25, 0.3) is 0 Å². The van der Waals surface area contributed by atoms with E-state index in [2.05, 4.69) is 91.0 Å². The Morgan fingerprint density at radius 2 is 0.967 bits per heavy atom. The molecule has 0 aliphatic heterocycles. The van der Waals surface area contributed by atoms with E-state index >= 15 is 0 Å². The Morgan fingerprint density at radius 3 is 1.40 bits per heavy atom. The molecule has 3 aromatic rings. The molecule has 0 amide bonds. The van der Waals surface area contributed by atoms with Gasteiger partial charge in [-0.25, -0.2) is 0 Å². The van der Waals surface area contributed by atoms with Crippen molar-refractivity contribution in [2.45, 2.75) is 43.9 Å². The molecule has 3 aromatic carbocycles. The normalized spacial score (nSPS) is 11.4. The van der Waals surface area contributed by atoms with Crippen LogP contribution in [0.2, 0.25) is 0 Å². The minimum Gasteiger partial charge on any atom is -0.402 e. The third kappa shape index (κ3) is 5.82. The van der Waals surface area contributed by atoms with E-state index in [-0.39, 0.29) is 5.41 Å². The van der Waals surface area contributed by atoms with Gasteiger partial charge in [-0.05, 0) is 29.5 Å². The summed E-state index contributed by atoms with van der Waals surface area (Å²) in [6.07, 6.45) is 6.27. The van der Waals surface area contributed by atoms with Crippen LogP contribution in [0, 0.1) is 0 Å². The Balaban J connectivity index is 1.78. The van der Waals surface area contributed by atoms with Crippen LogP contribution in [0.1, 0.15) is 55.2 Å². The van der Waals surface area contributed by atoms with Crippen molar-refractivity contribution in [1.29, 1.82) is 0 Å². The summed E-state index contributed by atoms with van der Waals surface area (Å²) in [7, 11) is -1.66. The van der Waals surface area contributed by atoms with Crippen molar-refractivity contribution in [1.82, 2.24) is 0 Å². The molecule has 3 rings (SSSR count). The lowest BCUT2D eigenvalue weighted by molar-refractivity contribution is 0.182. The fourth-order valence-electron chi connectivity index (χ4n) is 4.31. The predicted octanol–water partition coefficient (Wildman–Crippen LogP) is 5.35. The molecule has 0 fully saturated rings. The monoisotopic (exact) mass is 402 g/mol. The van der Waals surface area contributed by atoms with Crippen LogP contribution >= 0.6 is 0 Å². The van der Waals surface area contributed by atoms with Gasteiger partial charge in [0.15, 0.2) is 0 Å². The Morgan fingerprint density at radius 1 is 0.567 bits per heavy atom. The maximum absolute atomic E-state index is 8.74. The molecule has 0 aliphatic rings. The van der Waals surface area contributed by atoms with Gasteiger partial charge in [0.2, 0.25) is 0 Å². The largest absolute Gasteiger partial charge is 0.633 e. The van der Waals surface area contributed by atoms with E-state index < -0.39 is 7.32 Å². The van der Waals surface area contributed by atoms with Gasteiger partial charge < -0.3 is 14.7 Å². The van der Waals surface area contributed by atoms with Crippen LogP contribution in [-0.4, -0.2) is 24.0 Å². The van der Waals surface area contributed by atoms with Gasteiger partial charge in [0, 0.05) is 12.0 Å². The summed E-state index contributed by atoms with van der Waals surface area (Å²) in [5.74, 6) is 0. The first-order valence-corrected chi connectivity index (χ1v) is 10.9. The summed E-state index contributed by atoms with van der Waals surface area (Å²) < 4.78 is 4.79. The topological polar surface area (TPSA) is 49.7 Å². The Hall–Kier alpha value is -2.40. The summed E-state index contributed by atoms with van der Waals surface area (Å²) in [5, 5.41) is 17.5. The van der Waals surface area contributed by atoms with E-state index in [4.69, 9.17) is 14.7 Å². The van der Waals surface area contributed by atoms with Crippen molar-refractivity contribution in [3.63, 3.8) is 0 Å². The van der Waals surface area contributed by atoms with Gasteiger partial charge >= 0.3 is 7.32 Å². The van der Waals surface area contributed by atoms with Gasteiger partial charge in [-0.2, -0.15) is 0 Å². The number of benzene rings is 3. The summed E-state index contributed by atoms with van der Waals surface area (Å²) in [4.78, 5) is 0. The molecule has 0 radical (unpaired) electrons. The molecular formula is C26H31BO3. The summed E-state index contributed by atoms with van der Waals surface area (Å²) >= 11 is 0. The van der Waals surface area contributed by atoms with Crippen molar-refractivity contribution in [2.24, 2.45) is 0 Å². The molecule has 0 saturated heterocycles. The van der Waals surface area contributed by atoms with Crippen molar-refractivity contribution >= 4 is 7.32 Å². The molecule has 0 atom stereocenters. The average molecular weight is 402 g/mol. The van der Waals surface area contributed by atoms with E-state index in [0.717, 1.165) is 38.5 Å². The highest BCUT2D eigenvalue weighted by Gasteiger charge is 2.35. The number of rotatable bonds is 12. The van der Waals surface area contributed by atoms with Gasteiger partial charge in [0.1, 0.15) is 0 Å². The summed E-state index contributed by atoms with van der Waals surface area (Å²) in [6, 6.07) is 32.5. The Kier molecular flexibility index (Phi) is 8.70. The zero-order valence-corrected chi connectivity index (χ0v) is 17.5. The van der Waals surface area contributed by atoms with E-state index in [9.17, 15) is 0 Å². The summed E-state index contributed by atoms with van der Waals surface area (Å²) in [5.41, 5.74) is 3.81. The highest BCUT2D eigenvalue weighted by Crippen LogP contribution is 2.43. The second-order valence-corrected chi connectivity index (χ2v) is 7.72. The molecular weight excluding hydrogens is 371 g/mol. The molecule has 30 heavy (non-hydrogen) atoms. The third-order valence-corrected chi connectivity index (χ3v) is 5.76. The maximum atomic E-state index is 8.74. The molecule has 0 aliphatic carbocycles. The molecule has 3 nitrogen and oxygen atoms in total. The van der Waals surface area contributed by atoms with Gasteiger partial charge in [-0.3, -0.25) is 0 Å². The van der Waals surface area contributed by atoms with Gasteiger partial charge in [-0.15, -0.1) is 0 Å². The van der Waals surface area contributed by atoms with Crippen LogP contribution in [0.15, 0.2) is 91.0 Å². The van der Waals surface area contributed by atoms with E-state index in [0.29, 0.717) is 6.61 Å². The minimum atomic E-state index is -1.66. The molecule has 0 saturated carbocycles. The first kappa shape index (κ1) is 22.3. The average Bonchev–Trinajstić information content (AvgIpc) is 2.80. The van der Waals surface area contributed by atoms with Crippen molar-refractivity contribution in [2.75, 3.05) is 6.61 Å². The molecule has 2 N–H and O–H groups in total. The first-order valence-electron chi connectivity index (χ1n) is 10.9. The lowest BCUT2D eigenvalue weighted by Crippen LogP contribution is -2.29. The van der Waals surface area contributed by atoms with Crippen LogP contribution in [0.25, 0.3) is 0 Å². The van der Waals surface area contributed by atoms with Crippen LogP contribution in [0.4, 0.5) is 0 Å². The number of hydrogen-bond acceptors (Lipinski definition) is 3. The molecule has 0 spiro atoms. The lowest BCUT2D eigenvalue weighted by atomic mass is 9.66. The van der Waals surface area contributed by atoms with Crippen molar-refractivity contribution < 1.29 is 14.7 Å². The molecule has 0 unspecified atom stereocenters. The van der Waals surface area contributed by atoms with E-state index in [1.165, 1.54) is 16.7 Å². The second-order valence-electron chi connectivity index (χ2n) is 7.72. The highest BCUT2D eigenvalue weighted by atomic mass is 16.6. The fraction of sp³-hybridized carbons (Fsp3) is 0.308. The number of unbranched alkanes of at least 4 members (excludes halogenated alkanes) is 4. The van der Waals surface area contributed by atoms with Crippen LogP contribution in [0.3, 0.4) is 0 Å². The molecule has 0 bridgehead atoms. The zero-order valence-electron chi connectivity index (χ0n) is 17.5. The number of hydrogen-bond donors (Lipinski definition) is 2. The van der Waals surface area contributed by atoms with Gasteiger partial charge in [0.05, 0.1) is 0 Å².